The van der Waals surface area contributed by atoms with Gasteiger partial charge in [-0.2, -0.15) is 0 Å². The van der Waals surface area contributed by atoms with Gasteiger partial charge in [-0.25, -0.2) is 0 Å². The predicted octanol–water partition coefficient (Wildman–Crippen LogP) is 4.37. The third-order valence-corrected chi connectivity index (χ3v) is 4.51. The predicted molar refractivity (Wildman–Crippen MR) is 78.3 cm³/mol. The Balaban J connectivity index is 1.85. The van der Waals surface area contributed by atoms with E-state index >= 15 is 0 Å². The number of benzene rings is 1. The molecule has 3 rings (SSSR count). The summed E-state index contributed by atoms with van der Waals surface area (Å²) in [5.41, 5.74) is 2.44. The number of methoxy groups -OCH3 is 1. The van der Waals surface area contributed by atoms with Crippen molar-refractivity contribution in [2.75, 3.05) is 12.4 Å². The fourth-order valence-corrected chi connectivity index (χ4v) is 3.31. The van der Waals surface area contributed by atoms with Gasteiger partial charge in [-0.3, -0.25) is 0 Å². The Morgan fingerprint density at radius 3 is 2.33 bits per heavy atom. The van der Waals surface area contributed by atoms with E-state index in [1.54, 1.807) is 7.11 Å². The van der Waals surface area contributed by atoms with Crippen molar-refractivity contribution >= 4 is 21.6 Å². The fourth-order valence-electron chi connectivity index (χ4n) is 2.76. The maximum absolute atomic E-state index is 5.52. The van der Waals surface area contributed by atoms with Gasteiger partial charge >= 0.3 is 0 Å². The number of halogens is 1. The number of hydrogen-bond donors (Lipinski definition) is 1. The highest BCUT2D eigenvalue weighted by Crippen LogP contribution is 2.47. The maximum Gasteiger partial charge on any atom is 0.143 e. The number of rotatable bonds is 5. The molecular weight excluding hydrogens is 290 g/mol. The van der Waals surface area contributed by atoms with Crippen molar-refractivity contribution in [3.05, 3.63) is 22.2 Å². The minimum absolute atomic E-state index is 0.666. The molecule has 0 amide bonds. The van der Waals surface area contributed by atoms with Crippen LogP contribution < -0.4 is 10.1 Å². The highest BCUT2D eigenvalue weighted by molar-refractivity contribution is 9.10. The summed E-state index contributed by atoms with van der Waals surface area (Å²) in [6, 6.07) is 4.87. The van der Waals surface area contributed by atoms with E-state index in [1.807, 2.05) is 6.07 Å². The van der Waals surface area contributed by atoms with Crippen LogP contribution in [0, 0.1) is 18.8 Å². The third kappa shape index (κ3) is 2.51. The smallest absolute Gasteiger partial charge is 0.143 e. The maximum atomic E-state index is 5.52. The average molecular weight is 310 g/mol. The molecule has 0 aliphatic heterocycles. The van der Waals surface area contributed by atoms with Crippen molar-refractivity contribution in [3.63, 3.8) is 0 Å². The average Bonchev–Trinajstić information content (AvgIpc) is 3.19. The standard InChI is InChI=1S/C15H20BrNO/c1-9-7-12(16)8-13(18-2)14(9)17-15(10-3-4-10)11-5-6-11/h7-8,10-11,15,17H,3-6H2,1-2H3. The molecule has 3 heteroatoms. The topological polar surface area (TPSA) is 21.3 Å². The molecule has 0 unspecified atom stereocenters. The molecule has 2 nitrogen and oxygen atoms in total. The minimum Gasteiger partial charge on any atom is -0.495 e. The van der Waals surface area contributed by atoms with Crippen molar-refractivity contribution in [2.24, 2.45) is 11.8 Å². The van der Waals surface area contributed by atoms with Crippen LogP contribution in [0.5, 0.6) is 5.75 Å². The molecular formula is C15H20BrNO. The minimum atomic E-state index is 0.666. The lowest BCUT2D eigenvalue weighted by Gasteiger charge is -2.22. The van der Waals surface area contributed by atoms with Crippen molar-refractivity contribution in [1.29, 1.82) is 0 Å². The Morgan fingerprint density at radius 1 is 1.22 bits per heavy atom. The molecule has 98 valence electrons. The molecule has 2 aliphatic carbocycles. The SMILES string of the molecule is COc1cc(Br)cc(C)c1NC(C1CC1)C1CC1. The Morgan fingerprint density at radius 2 is 1.83 bits per heavy atom. The van der Waals surface area contributed by atoms with E-state index in [4.69, 9.17) is 4.74 Å². The van der Waals surface area contributed by atoms with Gasteiger partial charge in [-0.05, 0) is 62.1 Å². The molecule has 0 bridgehead atoms. The summed E-state index contributed by atoms with van der Waals surface area (Å²) in [5, 5.41) is 3.77. The fraction of sp³-hybridized carbons (Fsp3) is 0.600. The van der Waals surface area contributed by atoms with Crippen molar-refractivity contribution in [1.82, 2.24) is 0 Å². The lowest BCUT2D eigenvalue weighted by molar-refractivity contribution is 0.414. The van der Waals surface area contributed by atoms with Crippen LogP contribution in [-0.2, 0) is 0 Å². The van der Waals surface area contributed by atoms with Gasteiger partial charge in [0.2, 0.25) is 0 Å². The van der Waals surface area contributed by atoms with E-state index in [1.165, 1.54) is 36.9 Å². The van der Waals surface area contributed by atoms with Gasteiger partial charge in [0.1, 0.15) is 5.75 Å². The molecule has 2 saturated carbocycles. The van der Waals surface area contributed by atoms with Crippen LogP contribution in [0.25, 0.3) is 0 Å². The van der Waals surface area contributed by atoms with Gasteiger partial charge in [-0.1, -0.05) is 15.9 Å². The van der Waals surface area contributed by atoms with E-state index in [2.05, 4.69) is 34.2 Å². The molecule has 2 fully saturated rings. The summed E-state index contributed by atoms with van der Waals surface area (Å²) in [7, 11) is 1.75. The molecule has 0 aromatic heterocycles. The second kappa shape index (κ2) is 4.76. The second-order valence-corrected chi connectivity index (χ2v) is 6.56. The van der Waals surface area contributed by atoms with Crippen LogP contribution in [-0.4, -0.2) is 13.2 Å². The third-order valence-electron chi connectivity index (χ3n) is 4.05. The summed E-state index contributed by atoms with van der Waals surface area (Å²) in [4.78, 5) is 0. The molecule has 1 N–H and O–H groups in total. The van der Waals surface area contributed by atoms with Gasteiger partial charge in [-0.15, -0.1) is 0 Å². The molecule has 0 radical (unpaired) electrons. The molecule has 0 heterocycles. The number of hydrogen-bond acceptors (Lipinski definition) is 2. The van der Waals surface area contributed by atoms with Crippen LogP contribution in [0.1, 0.15) is 31.2 Å². The van der Waals surface area contributed by atoms with Crippen molar-refractivity contribution in [2.45, 2.75) is 38.6 Å². The second-order valence-electron chi connectivity index (χ2n) is 5.64. The van der Waals surface area contributed by atoms with Gasteiger partial charge in [0.25, 0.3) is 0 Å². The zero-order valence-electron chi connectivity index (χ0n) is 11.0. The summed E-state index contributed by atoms with van der Waals surface area (Å²) in [5.74, 6) is 2.74. The Bertz CT molecular complexity index is 440. The highest BCUT2D eigenvalue weighted by atomic mass is 79.9. The number of aryl methyl sites for hydroxylation is 1. The van der Waals surface area contributed by atoms with Gasteiger partial charge in [0.05, 0.1) is 12.8 Å². The monoisotopic (exact) mass is 309 g/mol. The van der Waals surface area contributed by atoms with Gasteiger partial charge in [0.15, 0.2) is 0 Å². The first kappa shape index (κ1) is 12.3. The quantitative estimate of drug-likeness (QED) is 0.872. The summed E-state index contributed by atoms with van der Waals surface area (Å²) in [6.07, 6.45) is 5.58. The molecule has 0 spiro atoms. The van der Waals surface area contributed by atoms with Gasteiger partial charge < -0.3 is 10.1 Å². The number of anilines is 1. The summed E-state index contributed by atoms with van der Waals surface area (Å²) in [6.45, 7) is 2.15. The van der Waals surface area contributed by atoms with E-state index in [9.17, 15) is 0 Å². The van der Waals surface area contributed by atoms with Crippen LogP contribution in [0.15, 0.2) is 16.6 Å². The van der Waals surface area contributed by atoms with Crippen LogP contribution in [0.2, 0.25) is 0 Å². The van der Waals surface area contributed by atoms with Crippen molar-refractivity contribution in [3.8, 4) is 5.75 Å². The van der Waals surface area contributed by atoms with Crippen LogP contribution in [0.4, 0.5) is 5.69 Å². The first-order chi connectivity index (χ1) is 8.69. The molecule has 2 aliphatic rings. The largest absolute Gasteiger partial charge is 0.495 e. The van der Waals surface area contributed by atoms with Crippen LogP contribution >= 0.6 is 15.9 Å². The lowest BCUT2D eigenvalue weighted by atomic mass is 10.1. The van der Waals surface area contributed by atoms with Gasteiger partial charge in [0, 0.05) is 10.5 Å². The Kier molecular flexibility index (Phi) is 3.27. The molecule has 1 aromatic carbocycles. The summed E-state index contributed by atoms with van der Waals surface area (Å²) < 4.78 is 6.60. The van der Waals surface area contributed by atoms with E-state index in [-0.39, 0.29) is 0 Å². The highest BCUT2D eigenvalue weighted by Gasteiger charge is 2.41. The zero-order chi connectivity index (χ0) is 12.7. The molecule has 18 heavy (non-hydrogen) atoms. The number of nitrogens with one attached hydrogen (secondary N) is 1. The van der Waals surface area contributed by atoms with E-state index in [0.29, 0.717) is 6.04 Å². The lowest BCUT2D eigenvalue weighted by Crippen LogP contribution is -2.25. The molecule has 1 aromatic rings. The normalized spacial score (nSPS) is 19.1. The Labute approximate surface area is 117 Å². The van der Waals surface area contributed by atoms with E-state index in [0.717, 1.165) is 22.1 Å². The van der Waals surface area contributed by atoms with Crippen molar-refractivity contribution < 1.29 is 4.74 Å². The molecule has 0 atom stereocenters. The zero-order valence-corrected chi connectivity index (χ0v) is 12.6. The number of ether oxygens (including phenoxy) is 1. The Hall–Kier alpha value is -0.700. The first-order valence-corrected chi connectivity index (χ1v) is 7.59. The molecule has 0 saturated heterocycles. The first-order valence-electron chi connectivity index (χ1n) is 6.79. The summed E-state index contributed by atoms with van der Waals surface area (Å²) >= 11 is 3.53. The van der Waals surface area contributed by atoms with Crippen LogP contribution in [0.3, 0.4) is 0 Å². The van der Waals surface area contributed by atoms with E-state index < -0.39 is 0 Å².